The lowest BCUT2D eigenvalue weighted by Gasteiger charge is -2.40. The summed E-state index contributed by atoms with van der Waals surface area (Å²) in [7, 11) is 0. The second-order valence-corrected chi connectivity index (χ2v) is 5.25. The molecule has 2 saturated heterocycles. The molecule has 2 bridgehead atoms. The van der Waals surface area contributed by atoms with Gasteiger partial charge in [-0.1, -0.05) is 18.1 Å². The zero-order valence-corrected chi connectivity index (χ0v) is 11.0. The first-order chi connectivity index (χ1) is 13.4. The van der Waals surface area contributed by atoms with Crippen LogP contribution < -0.4 is 0 Å². The maximum Gasteiger partial charge on any atom is 0.338 e. The number of carbonyl (C=O) groups excluding carboxylic acids is 1. The van der Waals surface area contributed by atoms with Crippen LogP contribution in [0.5, 0.6) is 0 Å². The highest BCUT2D eigenvalue weighted by atomic mass is 16.5. The number of nitrogens with zero attached hydrogens (tertiary/aromatic N) is 1. The number of carboxylic acids is 1. The lowest BCUT2D eigenvalue weighted by atomic mass is 9.87. The molecule has 0 saturated carbocycles. The zero-order valence-electron chi connectivity index (χ0n) is 19.0. The van der Waals surface area contributed by atoms with Gasteiger partial charge in [0.2, 0.25) is 0 Å². The molecule has 112 valence electrons. The number of carboxylic acid groups (broad SMARTS) is 1. The van der Waals surface area contributed by atoms with Crippen molar-refractivity contribution in [2.24, 2.45) is 5.92 Å². The molecule has 4 atom stereocenters. The van der Waals surface area contributed by atoms with Crippen molar-refractivity contribution in [1.82, 2.24) is 4.90 Å². The highest BCUT2D eigenvalue weighted by Gasteiger charge is 2.50. The predicted molar refractivity (Wildman–Crippen MR) is 76.0 cm³/mol. The minimum absolute atomic E-state index is 0.0315. The number of esters is 1. The van der Waals surface area contributed by atoms with Gasteiger partial charge in [-0.05, 0) is 31.9 Å². The molecule has 1 aromatic rings. The topological polar surface area (TPSA) is 66.8 Å². The molecule has 2 heterocycles. The summed E-state index contributed by atoms with van der Waals surface area (Å²) >= 11 is 0. The minimum atomic E-state index is -2.48. The molecule has 2 aliphatic heterocycles. The Morgan fingerprint density at radius 2 is 2.14 bits per heavy atom. The highest BCUT2D eigenvalue weighted by Crippen LogP contribution is 2.39. The number of fused-ring (bicyclic) bond motifs is 2. The molecule has 2 fully saturated rings. The van der Waals surface area contributed by atoms with Gasteiger partial charge in [-0.15, -0.1) is 0 Å². The largest absolute Gasteiger partial charge is 0.481 e. The summed E-state index contributed by atoms with van der Waals surface area (Å²) in [5.74, 6) is -3.84. The fraction of sp³-hybridized carbons (Fsp3) is 0.500. The number of benzene rings is 1. The molecule has 0 spiro atoms. The SMILES string of the molecule is [2H]c1c([2H])c([2H])c(C(=O)OC2CC3CCC(C2C(=O)O)N3C([2H])([2H])[2H])c([2H])c1[2H]. The summed E-state index contributed by atoms with van der Waals surface area (Å²) in [6, 6.07) is -4.90. The summed E-state index contributed by atoms with van der Waals surface area (Å²) in [5.41, 5.74) is -0.675. The van der Waals surface area contributed by atoms with Crippen LogP contribution in [-0.2, 0) is 9.53 Å². The number of rotatable bonds is 3. The van der Waals surface area contributed by atoms with Crippen LogP contribution in [0.15, 0.2) is 30.2 Å². The van der Waals surface area contributed by atoms with E-state index in [1.165, 1.54) is 4.90 Å². The van der Waals surface area contributed by atoms with Crippen LogP contribution in [0.3, 0.4) is 0 Å². The highest BCUT2D eigenvalue weighted by molar-refractivity contribution is 5.89. The first-order valence-electron chi connectivity index (χ1n) is 10.7. The lowest BCUT2D eigenvalue weighted by molar-refractivity contribution is -0.152. The molecular formula is C16H19NO4. The van der Waals surface area contributed by atoms with Crippen LogP contribution in [-0.4, -0.2) is 47.1 Å². The van der Waals surface area contributed by atoms with Gasteiger partial charge in [0.1, 0.15) is 12.0 Å². The van der Waals surface area contributed by atoms with Crippen LogP contribution >= 0.6 is 0 Å². The third-order valence-corrected chi connectivity index (χ3v) is 4.11. The quantitative estimate of drug-likeness (QED) is 0.861. The van der Waals surface area contributed by atoms with E-state index in [0.717, 1.165) is 0 Å². The van der Waals surface area contributed by atoms with E-state index in [-0.39, 0.29) is 6.42 Å². The van der Waals surface area contributed by atoms with Crippen molar-refractivity contribution >= 4 is 11.9 Å². The van der Waals surface area contributed by atoms with Crippen molar-refractivity contribution in [2.75, 3.05) is 6.98 Å². The Kier molecular flexibility index (Phi) is 1.93. The van der Waals surface area contributed by atoms with Crippen LogP contribution in [0.2, 0.25) is 0 Å². The van der Waals surface area contributed by atoms with Crippen LogP contribution in [0.25, 0.3) is 0 Å². The summed E-state index contributed by atoms with van der Waals surface area (Å²) in [5, 5.41) is 9.67. The Labute approximate surface area is 134 Å². The molecule has 4 unspecified atom stereocenters. The van der Waals surface area contributed by atoms with Gasteiger partial charge < -0.3 is 9.84 Å². The predicted octanol–water partition coefficient (Wildman–Crippen LogP) is 1.78. The number of hydrogen-bond acceptors (Lipinski definition) is 4. The first-order valence-corrected chi connectivity index (χ1v) is 6.65. The molecule has 5 nitrogen and oxygen atoms in total. The zero-order chi connectivity index (χ0) is 21.8. The van der Waals surface area contributed by atoms with E-state index in [1.54, 1.807) is 0 Å². The van der Waals surface area contributed by atoms with Crippen molar-refractivity contribution in [3.8, 4) is 0 Å². The van der Waals surface area contributed by atoms with Crippen molar-refractivity contribution in [3.05, 3.63) is 35.8 Å². The Balaban J connectivity index is 1.93. The second kappa shape index (κ2) is 5.48. The summed E-state index contributed by atoms with van der Waals surface area (Å²) < 4.78 is 66.9. The molecule has 1 aromatic carbocycles. The molecule has 1 N–H and O–H groups in total. The van der Waals surface area contributed by atoms with Crippen LogP contribution in [0, 0.1) is 5.92 Å². The van der Waals surface area contributed by atoms with E-state index in [0.29, 0.717) is 12.8 Å². The molecule has 0 aliphatic carbocycles. The molecular weight excluding hydrogens is 270 g/mol. The van der Waals surface area contributed by atoms with E-state index < -0.39 is 78.8 Å². The third kappa shape index (κ3) is 2.53. The molecule has 3 rings (SSSR count). The minimum Gasteiger partial charge on any atom is -0.481 e. The molecule has 0 aromatic heterocycles. The second-order valence-electron chi connectivity index (χ2n) is 5.25. The smallest absolute Gasteiger partial charge is 0.338 e. The summed E-state index contributed by atoms with van der Waals surface area (Å²) in [4.78, 5) is 25.7. The van der Waals surface area contributed by atoms with Crippen LogP contribution in [0.1, 0.15) is 40.6 Å². The standard InChI is InChI=1S/C16H19NO4/c1-17-11-7-8-12(17)14(15(18)19)13(9-11)21-16(20)10-5-3-2-4-6-10/h2-6,11-14H,7-9H2,1H3,(H,18,19)/i1D3,2D,3D,4D,5D,6D. The Morgan fingerprint density at radius 1 is 1.38 bits per heavy atom. The number of ether oxygens (including phenoxy) is 1. The molecule has 2 aliphatic rings. The fourth-order valence-corrected chi connectivity index (χ4v) is 3.15. The van der Waals surface area contributed by atoms with Gasteiger partial charge in [0.25, 0.3) is 0 Å². The maximum atomic E-state index is 12.6. The Bertz CT molecular complexity index is 844. The van der Waals surface area contributed by atoms with E-state index in [9.17, 15) is 14.7 Å². The van der Waals surface area contributed by atoms with Gasteiger partial charge in [0, 0.05) is 22.6 Å². The molecule has 0 amide bonds. The van der Waals surface area contributed by atoms with Gasteiger partial charge in [-0.3, -0.25) is 9.69 Å². The fourth-order valence-electron chi connectivity index (χ4n) is 3.15. The normalized spacial score (nSPS) is 37.9. The van der Waals surface area contributed by atoms with Gasteiger partial charge in [0.15, 0.2) is 0 Å². The maximum absolute atomic E-state index is 12.6. The van der Waals surface area contributed by atoms with Gasteiger partial charge >= 0.3 is 11.9 Å². The number of aliphatic carboxylic acids is 1. The number of hydrogen-bond donors (Lipinski definition) is 1. The Hall–Kier alpha value is -1.88. The molecule has 21 heavy (non-hydrogen) atoms. The number of piperidine rings is 1. The van der Waals surface area contributed by atoms with Crippen molar-refractivity contribution in [1.29, 1.82) is 0 Å². The first kappa shape index (κ1) is 7.40. The summed E-state index contributed by atoms with van der Waals surface area (Å²) in [6.45, 7) is -2.48. The number of carbonyl (C=O) groups is 2. The summed E-state index contributed by atoms with van der Waals surface area (Å²) in [6.07, 6.45) is -0.442. The molecule has 0 radical (unpaired) electrons. The van der Waals surface area contributed by atoms with Crippen molar-refractivity contribution < 1.29 is 30.4 Å². The monoisotopic (exact) mass is 297 g/mol. The Morgan fingerprint density at radius 3 is 2.81 bits per heavy atom. The van der Waals surface area contributed by atoms with E-state index in [4.69, 9.17) is 15.7 Å². The van der Waals surface area contributed by atoms with Crippen molar-refractivity contribution in [3.63, 3.8) is 0 Å². The van der Waals surface area contributed by atoms with E-state index >= 15 is 0 Å². The average molecular weight is 297 g/mol. The van der Waals surface area contributed by atoms with E-state index in [2.05, 4.69) is 0 Å². The van der Waals surface area contributed by atoms with Gasteiger partial charge in [-0.2, -0.15) is 0 Å². The average Bonchev–Trinajstić information content (AvgIpc) is 2.93. The third-order valence-electron chi connectivity index (χ3n) is 4.11. The van der Waals surface area contributed by atoms with Gasteiger partial charge in [0.05, 0.1) is 12.4 Å². The molecule has 5 heteroatoms. The van der Waals surface area contributed by atoms with Crippen LogP contribution in [0.4, 0.5) is 0 Å². The lowest BCUT2D eigenvalue weighted by Crippen LogP contribution is -2.53. The van der Waals surface area contributed by atoms with Gasteiger partial charge in [-0.25, -0.2) is 4.79 Å². The van der Waals surface area contributed by atoms with Crippen molar-refractivity contribution in [2.45, 2.75) is 37.5 Å². The van der Waals surface area contributed by atoms with E-state index in [1.807, 2.05) is 0 Å².